The zero-order chi connectivity index (χ0) is 35.4. The van der Waals surface area contributed by atoms with Gasteiger partial charge >= 0.3 is 0 Å². The highest BCUT2D eigenvalue weighted by Crippen LogP contribution is 2.44. The van der Waals surface area contributed by atoms with E-state index in [2.05, 4.69) is 98.4 Å². The molecular weight excluding hydrogens is 605 g/mol. The maximum Gasteiger partial charge on any atom is 0.112 e. The standard InChI is InChI=1S/C48H78N2/c1-4-6-8-10-12-14-15-16-17-18-19-20-21-22-23-25-33-39-46(47-49-40-42-50(47)41-34-26-24-13-11-9-7-5-2)48(3,45-37-31-28-32-38-45)43-44-35-29-27-30-36-44/h27-32,35-38,40,42,46H,4-26,33-34,39,41,43H2,1-3H3. The number of hydrogen-bond donors (Lipinski definition) is 0. The Balaban J connectivity index is 1.51. The molecule has 2 unspecified atom stereocenters. The molecule has 0 saturated heterocycles. The molecular formula is C48H78N2. The normalized spacial score (nSPS) is 13.4. The van der Waals surface area contributed by atoms with Crippen LogP contribution in [-0.2, 0) is 18.4 Å². The zero-order valence-electron chi connectivity index (χ0n) is 33.2. The number of aryl methyl sites for hydroxylation is 1. The van der Waals surface area contributed by atoms with Crippen LogP contribution in [0.15, 0.2) is 73.1 Å². The van der Waals surface area contributed by atoms with Crippen molar-refractivity contribution < 1.29 is 0 Å². The molecule has 50 heavy (non-hydrogen) atoms. The van der Waals surface area contributed by atoms with E-state index < -0.39 is 0 Å². The van der Waals surface area contributed by atoms with Gasteiger partial charge in [0, 0.05) is 30.3 Å². The van der Waals surface area contributed by atoms with Crippen molar-refractivity contribution in [3.05, 3.63) is 90.0 Å². The molecule has 0 radical (unpaired) electrons. The van der Waals surface area contributed by atoms with Crippen LogP contribution >= 0.6 is 0 Å². The minimum atomic E-state index is -0.0277. The van der Waals surface area contributed by atoms with E-state index >= 15 is 0 Å². The molecule has 0 N–H and O–H groups in total. The number of aromatic nitrogens is 2. The van der Waals surface area contributed by atoms with E-state index in [1.54, 1.807) is 0 Å². The Morgan fingerprint density at radius 1 is 0.520 bits per heavy atom. The molecule has 2 heteroatoms. The van der Waals surface area contributed by atoms with E-state index in [4.69, 9.17) is 4.98 Å². The highest BCUT2D eigenvalue weighted by Gasteiger charge is 2.39. The van der Waals surface area contributed by atoms with Crippen molar-refractivity contribution in [3.63, 3.8) is 0 Å². The minimum absolute atomic E-state index is 0.0277. The van der Waals surface area contributed by atoms with Crippen LogP contribution < -0.4 is 0 Å². The summed E-state index contributed by atoms with van der Waals surface area (Å²) in [6.45, 7) is 8.24. The predicted molar refractivity (Wildman–Crippen MR) is 220 cm³/mol. The molecule has 0 spiro atoms. The molecule has 0 aliphatic heterocycles. The van der Waals surface area contributed by atoms with Crippen molar-refractivity contribution in [1.29, 1.82) is 0 Å². The lowest BCUT2D eigenvalue weighted by molar-refractivity contribution is 0.321. The summed E-state index contributed by atoms with van der Waals surface area (Å²) in [7, 11) is 0. The first-order valence-corrected chi connectivity index (χ1v) is 21.8. The van der Waals surface area contributed by atoms with Crippen LogP contribution in [0.2, 0.25) is 0 Å². The van der Waals surface area contributed by atoms with Gasteiger partial charge in [0.15, 0.2) is 0 Å². The van der Waals surface area contributed by atoms with Crippen LogP contribution in [-0.4, -0.2) is 9.55 Å². The molecule has 0 aliphatic carbocycles. The summed E-state index contributed by atoms with van der Waals surface area (Å²) < 4.78 is 2.53. The number of benzene rings is 2. The van der Waals surface area contributed by atoms with Crippen molar-refractivity contribution in [3.8, 4) is 0 Å². The fourth-order valence-electron chi connectivity index (χ4n) is 8.31. The number of nitrogens with zero attached hydrogens (tertiary/aromatic N) is 2. The fraction of sp³-hybridized carbons (Fsp3) is 0.688. The third-order valence-corrected chi connectivity index (χ3v) is 11.5. The molecule has 0 saturated carbocycles. The Labute approximate surface area is 310 Å². The van der Waals surface area contributed by atoms with E-state index in [0.29, 0.717) is 5.92 Å². The maximum atomic E-state index is 5.16. The summed E-state index contributed by atoms with van der Waals surface area (Å²) in [4.78, 5) is 5.16. The van der Waals surface area contributed by atoms with Crippen molar-refractivity contribution in [2.45, 2.75) is 212 Å². The molecule has 0 aliphatic rings. The SMILES string of the molecule is CCCCCCCCCCCCCCCCCCCC(c1nccn1CCCCCCCCCC)C(C)(Cc1ccccc1)c1ccccc1. The van der Waals surface area contributed by atoms with Gasteiger partial charge in [-0.2, -0.15) is 0 Å². The smallest absolute Gasteiger partial charge is 0.112 e. The van der Waals surface area contributed by atoms with Gasteiger partial charge in [0.1, 0.15) is 5.82 Å². The lowest BCUT2D eigenvalue weighted by Gasteiger charge is -2.39. The van der Waals surface area contributed by atoms with Gasteiger partial charge in [0.2, 0.25) is 0 Å². The van der Waals surface area contributed by atoms with Crippen LogP contribution in [0.3, 0.4) is 0 Å². The molecule has 280 valence electrons. The van der Waals surface area contributed by atoms with Gasteiger partial charge < -0.3 is 4.57 Å². The molecule has 1 heterocycles. The quantitative estimate of drug-likeness (QED) is 0.0599. The Bertz CT molecular complexity index is 1170. The lowest BCUT2D eigenvalue weighted by atomic mass is 9.66. The predicted octanol–water partition coefficient (Wildman–Crippen LogP) is 15.3. The Morgan fingerprint density at radius 3 is 1.42 bits per heavy atom. The van der Waals surface area contributed by atoms with Crippen LogP contribution in [0.1, 0.15) is 211 Å². The highest BCUT2D eigenvalue weighted by molar-refractivity contribution is 5.33. The van der Waals surface area contributed by atoms with Gasteiger partial charge in [-0.25, -0.2) is 4.98 Å². The Kier molecular flexibility index (Phi) is 23.0. The van der Waals surface area contributed by atoms with Gasteiger partial charge in [-0.3, -0.25) is 0 Å². The largest absolute Gasteiger partial charge is 0.335 e. The summed E-state index contributed by atoms with van der Waals surface area (Å²) in [6, 6.07) is 22.6. The average molecular weight is 683 g/mol. The van der Waals surface area contributed by atoms with Gasteiger partial charge in [-0.15, -0.1) is 0 Å². The molecule has 1 aromatic heterocycles. The number of imidazole rings is 1. The molecule has 2 atom stereocenters. The van der Waals surface area contributed by atoms with Crippen molar-refractivity contribution in [1.82, 2.24) is 9.55 Å². The third kappa shape index (κ3) is 16.8. The maximum absolute atomic E-state index is 5.16. The van der Waals surface area contributed by atoms with E-state index in [-0.39, 0.29) is 5.41 Å². The summed E-state index contributed by atoms with van der Waals surface area (Å²) >= 11 is 0. The van der Waals surface area contributed by atoms with Gasteiger partial charge in [-0.05, 0) is 30.4 Å². The van der Waals surface area contributed by atoms with Crippen LogP contribution in [0.4, 0.5) is 0 Å². The van der Waals surface area contributed by atoms with Crippen LogP contribution in [0.5, 0.6) is 0 Å². The number of unbranched alkanes of at least 4 members (excludes halogenated alkanes) is 23. The minimum Gasteiger partial charge on any atom is -0.335 e. The second-order valence-corrected chi connectivity index (χ2v) is 15.9. The van der Waals surface area contributed by atoms with Gasteiger partial charge in [0.05, 0.1) is 0 Å². The first-order valence-electron chi connectivity index (χ1n) is 21.8. The Hall–Kier alpha value is -2.35. The van der Waals surface area contributed by atoms with Crippen molar-refractivity contribution in [2.75, 3.05) is 0 Å². The second kappa shape index (κ2) is 27.3. The van der Waals surface area contributed by atoms with Gasteiger partial charge in [-0.1, -0.05) is 236 Å². The zero-order valence-corrected chi connectivity index (χ0v) is 33.2. The monoisotopic (exact) mass is 683 g/mol. The summed E-state index contributed by atoms with van der Waals surface area (Å²) in [5.74, 6) is 1.69. The van der Waals surface area contributed by atoms with E-state index in [1.807, 2.05) is 0 Å². The first-order chi connectivity index (χ1) is 24.7. The molecule has 3 rings (SSSR count). The van der Waals surface area contributed by atoms with Crippen molar-refractivity contribution in [2.24, 2.45) is 0 Å². The second-order valence-electron chi connectivity index (χ2n) is 15.9. The van der Waals surface area contributed by atoms with Crippen molar-refractivity contribution >= 4 is 0 Å². The molecule has 2 nitrogen and oxygen atoms in total. The number of rotatable bonds is 32. The first kappa shape index (κ1) is 42.1. The van der Waals surface area contributed by atoms with Crippen LogP contribution in [0.25, 0.3) is 0 Å². The van der Waals surface area contributed by atoms with E-state index in [9.17, 15) is 0 Å². The fourth-order valence-corrected chi connectivity index (χ4v) is 8.31. The highest BCUT2D eigenvalue weighted by atomic mass is 15.1. The van der Waals surface area contributed by atoms with E-state index in [0.717, 1.165) is 13.0 Å². The van der Waals surface area contributed by atoms with Crippen LogP contribution in [0, 0.1) is 0 Å². The average Bonchev–Trinajstić information content (AvgIpc) is 3.60. The lowest BCUT2D eigenvalue weighted by Crippen LogP contribution is -2.35. The molecule has 0 amide bonds. The third-order valence-electron chi connectivity index (χ3n) is 11.5. The summed E-state index contributed by atoms with van der Waals surface area (Å²) in [6.07, 6.45) is 41.6. The molecule has 0 fully saturated rings. The summed E-state index contributed by atoms with van der Waals surface area (Å²) in [5, 5.41) is 0. The van der Waals surface area contributed by atoms with Gasteiger partial charge in [0.25, 0.3) is 0 Å². The molecule has 3 aromatic rings. The topological polar surface area (TPSA) is 17.8 Å². The number of hydrogen-bond acceptors (Lipinski definition) is 1. The Morgan fingerprint density at radius 2 is 0.940 bits per heavy atom. The summed E-state index contributed by atoms with van der Waals surface area (Å²) in [5.41, 5.74) is 2.84. The van der Waals surface area contributed by atoms with E-state index in [1.165, 1.54) is 184 Å². The molecule has 0 bridgehead atoms. The molecule has 2 aromatic carbocycles.